The molecule has 6 heteroatoms. The highest BCUT2D eigenvalue weighted by Gasteiger charge is 2.35. The number of hydrogen-bond acceptors (Lipinski definition) is 3. The molecule has 0 radical (unpaired) electrons. The van der Waals surface area contributed by atoms with Crippen molar-refractivity contribution in [2.24, 2.45) is 5.73 Å². The highest BCUT2D eigenvalue weighted by molar-refractivity contribution is 5.78. The second-order valence-electron chi connectivity index (χ2n) is 4.40. The van der Waals surface area contributed by atoms with Gasteiger partial charge in [0.05, 0.1) is 0 Å². The highest BCUT2D eigenvalue weighted by atomic mass is 19.4. The molecule has 0 bridgehead atoms. The van der Waals surface area contributed by atoms with Crippen molar-refractivity contribution in [1.82, 2.24) is 4.98 Å². The molecule has 0 fully saturated rings. The summed E-state index contributed by atoms with van der Waals surface area (Å²) in [4.78, 5) is 4.07. The van der Waals surface area contributed by atoms with Crippen LogP contribution in [0.25, 0.3) is 11.1 Å². The average molecular weight is 258 g/mol. The fourth-order valence-corrected chi connectivity index (χ4v) is 1.68. The number of rotatable bonds is 2. The van der Waals surface area contributed by atoms with Crippen molar-refractivity contribution in [3.63, 3.8) is 0 Å². The topological polar surface area (TPSA) is 52.0 Å². The van der Waals surface area contributed by atoms with Gasteiger partial charge in [-0.05, 0) is 17.7 Å². The zero-order valence-electron chi connectivity index (χ0n) is 10.0. The molecular weight excluding hydrogens is 245 g/mol. The molecule has 0 aliphatic carbocycles. The first-order valence-electron chi connectivity index (χ1n) is 5.53. The normalized spacial score (nSPS) is 12.6. The molecule has 18 heavy (non-hydrogen) atoms. The molecule has 2 aromatic rings. The van der Waals surface area contributed by atoms with Gasteiger partial charge in [0.1, 0.15) is 11.1 Å². The van der Waals surface area contributed by atoms with Crippen molar-refractivity contribution in [1.29, 1.82) is 0 Å². The summed E-state index contributed by atoms with van der Waals surface area (Å²) in [6, 6.07) is 2.54. The lowest BCUT2D eigenvalue weighted by Gasteiger charge is -2.08. The fraction of sp³-hybridized carbons (Fsp3) is 0.417. The Balaban J connectivity index is 2.73. The van der Waals surface area contributed by atoms with Crippen molar-refractivity contribution in [2.75, 3.05) is 0 Å². The Bertz CT molecular complexity index is 572. The van der Waals surface area contributed by atoms with Crippen LogP contribution in [-0.2, 0) is 12.7 Å². The number of alkyl halides is 3. The third-order valence-electron chi connectivity index (χ3n) is 2.60. The first kappa shape index (κ1) is 12.9. The second kappa shape index (κ2) is 4.28. The standard InChI is InChI=1S/C12H13F3N2O/c1-6(2)11-17-9-4-7(5-16)3-8(10(9)18-11)12(13,14)15/h3-4,6H,5,16H2,1-2H3. The Morgan fingerprint density at radius 2 is 2.00 bits per heavy atom. The largest absolute Gasteiger partial charge is 0.440 e. The van der Waals surface area contributed by atoms with E-state index in [0.717, 1.165) is 6.07 Å². The maximum atomic E-state index is 12.9. The molecule has 1 aromatic heterocycles. The zero-order valence-corrected chi connectivity index (χ0v) is 10.0. The number of aromatic nitrogens is 1. The molecule has 0 aliphatic rings. The van der Waals surface area contributed by atoms with Crippen molar-refractivity contribution in [3.05, 3.63) is 29.2 Å². The van der Waals surface area contributed by atoms with E-state index in [2.05, 4.69) is 4.98 Å². The number of oxazole rings is 1. The van der Waals surface area contributed by atoms with Gasteiger partial charge in [0.2, 0.25) is 0 Å². The van der Waals surface area contributed by atoms with Crippen molar-refractivity contribution in [3.8, 4) is 0 Å². The van der Waals surface area contributed by atoms with Crippen LogP contribution < -0.4 is 5.73 Å². The minimum atomic E-state index is -4.47. The highest BCUT2D eigenvalue weighted by Crippen LogP contribution is 2.36. The van der Waals surface area contributed by atoms with E-state index in [-0.39, 0.29) is 23.6 Å². The zero-order chi connectivity index (χ0) is 13.5. The molecule has 0 amide bonds. The molecule has 0 atom stereocenters. The van der Waals surface area contributed by atoms with Gasteiger partial charge in [-0.3, -0.25) is 0 Å². The fourth-order valence-electron chi connectivity index (χ4n) is 1.68. The van der Waals surface area contributed by atoms with Crippen LogP contribution in [0.1, 0.15) is 36.8 Å². The molecule has 2 rings (SSSR count). The van der Waals surface area contributed by atoms with Gasteiger partial charge in [-0.15, -0.1) is 0 Å². The molecule has 0 spiro atoms. The van der Waals surface area contributed by atoms with Crippen LogP contribution in [0, 0.1) is 0 Å². The molecular formula is C12H13F3N2O. The Morgan fingerprint density at radius 3 is 2.50 bits per heavy atom. The minimum Gasteiger partial charge on any atom is -0.440 e. The summed E-state index contributed by atoms with van der Waals surface area (Å²) in [5, 5.41) is 0. The molecule has 1 aromatic carbocycles. The minimum absolute atomic E-state index is 0.0306. The van der Waals surface area contributed by atoms with E-state index in [0.29, 0.717) is 11.5 Å². The smallest absolute Gasteiger partial charge is 0.420 e. The quantitative estimate of drug-likeness (QED) is 0.897. The Kier molecular flexibility index (Phi) is 3.06. The van der Waals surface area contributed by atoms with Crippen LogP contribution in [0.15, 0.2) is 16.5 Å². The lowest BCUT2D eigenvalue weighted by molar-refractivity contribution is -0.136. The van der Waals surface area contributed by atoms with Crippen LogP contribution in [0.3, 0.4) is 0 Å². The van der Waals surface area contributed by atoms with Gasteiger partial charge in [0.25, 0.3) is 0 Å². The lowest BCUT2D eigenvalue weighted by atomic mass is 10.1. The molecule has 0 aliphatic heterocycles. The summed E-state index contributed by atoms with van der Waals surface area (Å²) in [5.74, 6) is 0.226. The van der Waals surface area contributed by atoms with Crippen LogP contribution in [0.5, 0.6) is 0 Å². The van der Waals surface area contributed by atoms with Gasteiger partial charge in [-0.2, -0.15) is 13.2 Å². The number of nitrogens with zero attached hydrogens (tertiary/aromatic N) is 1. The van der Waals surface area contributed by atoms with Crippen molar-refractivity contribution >= 4 is 11.1 Å². The summed E-state index contributed by atoms with van der Waals surface area (Å²) in [5.41, 5.74) is 4.95. The van der Waals surface area contributed by atoms with E-state index in [9.17, 15) is 13.2 Å². The first-order valence-corrected chi connectivity index (χ1v) is 5.53. The molecule has 0 unspecified atom stereocenters. The van der Waals surface area contributed by atoms with E-state index in [1.165, 1.54) is 6.07 Å². The molecule has 2 N–H and O–H groups in total. The van der Waals surface area contributed by atoms with Gasteiger partial charge >= 0.3 is 6.18 Å². The van der Waals surface area contributed by atoms with Gasteiger partial charge in [0.15, 0.2) is 11.5 Å². The molecule has 0 saturated carbocycles. The van der Waals surface area contributed by atoms with E-state index in [1.807, 2.05) is 13.8 Å². The van der Waals surface area contributed by atoms with Crippen molar-refractivity contribution in [2.45, 2.75) is 32.5 Å². The SMILES string of the molecule is CC(C)c1nc2cc(CN)cc(C(F)(F)F)c2o1. The predicted molar refractivity (Wildman–Crippen MR) is 61.0 cm³/mol. The summed E-state index contributed by atoms with van der Waals surface area (Å²) >= 11 is 0. The van der Waals surface area contributed by atoms with E-state index < -0.39 is 11.7 Å². The van der Waals surface area contributed by atoms with Crippen LogP contribution >= 0.6 is 0 Å². The average Bonchev–Trinajstić information content (AvgIpc) is 2.69. The Hall–Kier alpha value is -1.56. The van der Waals surface area contributed by atoms with Gasteiger partial charge < -0.3 is 10.2 Å². The molecule has 98 valence electrons. The predicted octanol–water partition coefficient (Wildman–Crippen LogP) is 3.43. The van der Waals surface area contributed by atoms with E-state index in [1.54, 1.807) is 0 Å². The summed E-state index contributed by atoms with van der Waals surface area (Å²) < 4.78 is 44.0. The van der Waals surface area contributed by atoms with E-state index >= 15 is 0 Å². The number of halogens is 3. The maximum Gasteiger partial charge on any atom is 0.420 e. The first-order chi connectivity index (χ1) is 8.32. The van der Waals surface area contributed by atoms with Crippen molar-refractivity contribution < 1.29 is 17.6 Å². The van der Waals surface area contributed by atoms with Crippen LogP contribution in [0.2, 0.25) is 0 Å². The second-order valence-corrected chi connectivity index (χ2v) is 4.40. The van der Waals surface area contributed by atoms with E-state index in [4.69, 9.17) is 10.2 Å². The number of hydrogen-bond donors (Lipinski definition) is 1. The number of fused-ring (bicyclic) bond motifs is 1. The van der Waals surface area contributed by atoms with Gasteiger partial charge in [-0.25, -0.2) is 4.98 Å². The molecule has 1 heterocycles. The third kappa shape index (κ3) is 2.20. The van der Waals surface area contributed by atoms with Gasteiger partial charge in [-0.1, -0.05) is 13.8 Å². The Labute approximate surface area is 102 Å². The third-order valence-corrected chi connectivity index (χ3v) is 2.60. The number of benzene rings is 1. The summed E-state index contributed by atoms with van der Waals surface area (Å²) in [6.07, 6.45) is -4.47. The molecule has 3 nitrogen and oxygen atoms in total. The monoisotopic (exact) mass is 258 g/mol. The maximum absolute atomic E-state index is 12.9. The lowest BCUT2D eigenvalue weighted by Crippen LogP contribution is -2.07. The summed E-state index contributed by atoms with van der Waals surface area (Å²) in [6.45, 7) is 3.65. The summed E-state index contributed by atoms with van der Waals surface area (Å²) in [7, 11) is 0. The van der Waals surface area contributed by atoms with Crippen LogP contribution in [-0.4, -0.2) is 4.98 Å². The molecule has 0 saturated heterocycles. The number of nitrogens with two attached hydrogens (primary N) is 1. The Morgan fingerprint density at radius 1 is 1.33 bits per heavy atom. The van der Waals surface area contributed by atoms with Gasteiger partial charge in [0, 0.05) is 12.5 Å². The van der Waals surface area contributed by atoms with Crippen LogP contribution in [0.4, 0.5) is 13.2 Å².